The van der Waals surface area contributed by atoms with Crippen LogP contribution >= 0.6 is 15.9 Å². The van der Waals surface area contributed by atoms with Gasteiger partial charge in [-0.2, -0.15) is 0 Å². The number of benzene rings is 2. The quantitative estimate of drug-likeness (QED) is 0.363. The Kier molecular flexibility index (Phi) is 11.1. The fraction of sp³-hybridized carbons (Fsp3) is 0.333. The van der Waals surface area contributed by atoms with Crippen molar-refractivity contribution in [1.29, 1.82) is 0 Å². The standard InChI is InChI=1S/C12H17N2O.C8H8O2.CH3Br/c1-3-13-10-7-5-6-8-11(10)14(4-2)12(13)9-15;9-7-10-6-8-4-2-1-3-5-8;1-2/h5-8,15H,3-4,9H2,1-2H3;1-5,7H,6H2;1H3/q+1;;. The first kappa shape index (κ1) is 22.9. The molecule has 1 N–H and O–H groups in total. The van der Waals surface area contributed by atoms with E-state index in [9.17, 15) is 9.90 Å². The van der Waals surface area contributed by atoms with Gasteiger partial charge in [-0.25, -0.2) is 9.13 Å². The second-order valence-electron chi connectivity index (χ2n) is 5.44. The number of aryl methyl sites for hydroxylation is 2. The van der Waals surface area contributed by atoms with Gasteiger partial charge in [0, 0.05) is 0 Å². The van der Waals surface area contributed by atoms with Gasteiger partial charge in [0.1, 0.15) is 13.2 Å². The average molecular weight is 436 g/mol. The Hall–Kier alpha value is -2.18. The van der Waals surface area contributed by atoms with Crippen LogP contribution in [0.4, 0.5) is 0 Å². The fourth-order valence-electron chi connectivity index (χ4n) is 2.93. The van der Waals surface area contributed by atoms with Crippen LogP contribution in [0.1, 0.15) is 25.2 Å². The summed E-state index contributed by atoms with van der Waals surface area (Å²) in [5.41, 5.74) is 3.41. The Labute approximate surface area is 169 Å². The molecule has 0 aliphatic carbocycles. The molecular formula is C21H28BrN2O3+. The van der Waals surface area contributed by atoms with Crippen molar-refractivity contribution in [2.75, 3.05) is 5.83 Å². The molecule has 0 atom stereocenters. The average Bonchev–Trinajstić information content (AvgIpc) is 3.07. The zero-order valence-electron chi connectivity index (χ0n) is 16.1. The Morgan fingerprint density at radius 3 is 2.26 bits per heavy atom. The number of ether oxygens (including phenoxy) is 1. The van der Waals surface area contributed by atoms with Crippen LogP contribution in [0, 0.1) is 0 Å². The summed E-state index contributed by atoms with van der Waals surface area (Å²) in [7, 11) is 0. The third-order valence-corrected chi connectivity index (χ3v) is 4.02. The number of carbonyl (C=O) groups is 1. The highest BCUT2D eigenvalue weighted by Gasteiger charge is 2.21. The Bertz CT molecular complexity index is 763. The minimum absolute atomic E-state index is 0.0936. The van der Waals surface area contributed by atoms with Crippen LogP contribution in [-0.4, -0.2) is 22.0 Å². The first-order chi connectivity index (χ1) is 13.3. The molecule has 0 aliphatic rings. The van der Waals surface area contributed by atoms with E-state index in [2.05, 4.69) is 55.8 Å². The highest BCUT2D eigenvalue weighted by molar-refractivity contribution is 9.08. The summed E-state index contributed by atoms with van der Waals surface area (Å²) in [6.07, 6.45) is 0. The van der Waals surface area contributed by atoms with Gasteiger partial charge in [-0.05, 0) is 37.4 Å². The monoisotopic (exact) mass is 435 g/mol. The molecule has 0 spiro atoms. The Morgan fingerprint density at radius 1 is 1.07 bits per heavy atom. The number of carbonyl (C=O) groups excluding carboxylic acids is 1. The molecule has 0 bridgehead atoms. The zero-order valence-corrected chi connectivity index (χ0v) is 17.7. The topological polar surface area (TPSA) is 55.3 Å². The lowest BCUT2D eigenvalue weighted by molar-refractivity contribution is -0.678. The van der Waals surface area contributed by atoms with Crippen molar-refractivity contribution in [3.05, 3.63) is 66.0 Å². The summed E-state index contributed by atoms with van der Waals surface area (Å²) in [6, 6.07) is 17.8. The van der Waals surface area contributed by atoms with Crippen LogP contribution in [-0.2, 0) is 35.8 Å². The number of aromatic nitrogens is 2. The molecule has 2 aromatic carbocycles. The summed E-state index contributed by atoms with van der Waals surface area (Å²) in [6.45, 7) is 6.90. The molecule has 3 aromatic rings. The van der Waals surface area contributed by atoms with E-state index in [4.69, 9.17) is 0 Å². The smallest absolute Gasteiger partial charge is 0.293 e. The van der Waals surface area contributed by atoms with Gasteiger partial charge in [-0.15, -0.1) is 0 Å². The van der Waals surface area contributed by atoms with E-state index >= 15 is 0 Å². The Morgan fingerprint density at radius 2 is 1.70 bits per heavy atom. The maximum Gasteiger partial charge on any atom is 0.293 e. The number of alkyl halides is 1. The molecule has 0 saturated heterocycles. The number of para-hydroxylation sites is 2. The van der Waals surface area contributed by atoms with Crippen LogP contribution in [0.15, 0.2) is 54.6 Å². The molecule has 1 aromatic heterocycles. The van der Waals surface area contributed by atoms with Crippen LogP contribution in [0.5, 0.6) is 0 Å². The van der Waals surface area contributed by atoms with Gasteiger partial charge in [0.25, 0.3) is 12.3 Å². The van der Waals surface area contributed by atoms with E-state index in [-0.39, 0.29) is 6.61 Å². The van der Waals surface area contributed by atoms with E-state index in [1.54, 1.807) is 0 Å². The van der Waals surface area contributed by atoms with Crippen molar-refractivity contribution in [2.24, 2.45) is 0 Å². The highest BCUT2D eigenvalue weighted by atomic mass is 79.9. The van der Waals surface area contributed by atoms with Crippen molar-refractivity contribution in [3.63, 3.8) is 0 Å². The first-order valence-corrected chi connectivity index (χ1v) is 10.4. The maximum atomic E-state index is 9.76. The summed E-state index contributed by atoms with van der Waals surface area (Å²) in [5, 5.41) is 9.42. The fourth-order valence-corrected chi connectivity index (χ4v) is 2.93. The SMILES string of the molecule is CBr.CCn1c(CO)[n+](CC)c2ccccc21.O=COCc1ccccc1. The number of aliphatic hydroxyl groups excluding tert-OH is 1. The van der Waals surface area contributed by atoms with Gasteiger partial charge >= 0.3 is 0 Å². The van der Waals surface area contributed by atoms with Crippen molar-refractivity contribution in [2.45, 2.75) is 40.2 Å². The predicted molar refractivity (Wildman–Crippen MR) is 112 cm³/mol. The highest BCUT2D eigenvalue weighted by Crippen LogP contribution is 2.14. The number of imidazole rings is 1. The molecule has 0 fully saturated rings. The van der Waals surface area contributed by atoms with Crippen molar-refractivity contribution in [1.82, 2.24) is 4.57 Å². The normalized spacial score (nSPS) is 9.67. The van der Waals surface area contributed by atoms with Crippen molar-refractivity contribution in [3.8, 4) is 0 Å². The summed E-state index contributed by atoms with van der Waals surface area (Å²) < 4.78 is 8.87. The van der Waals surface area contributed by atoms with Crippen molar-refractivity contribution >= 4 is 33.4 Å². The molecule has 6 heteroatoms. The number of rotatable bonds is 6. The van der Waals surface area contributed by atoms with Crippen LogP contribution in [0.3, 0.4) is 0 Å². The van der Waals surface area contributed by atoms with E-state index in [1.165, 1.54) is 11.0 Å². The van der Waals surface area contributed by atoms with Crippen LogP contribution in [0.25, 0.3) is 11.0 Å². The molecule has 1 heterocycles. The largest absolute Gasteiger partial charge is 0.463 e. The first-order valence-electron chi connectivity index (χ1n) is 8.84. The number of aliphatic hydroxyl groups is 1. The number of hydrogen-bond acceptors (Lipinski definition) is 3. The predicted octanol–water partition coefficient (Wildman–Crippen LogP) is 3.83. The number of halogens is 1. The van der Waals surface area contributed by atoms with Gasteiger partial charge in [0.2, 0.25) is 0 Å². The third kappa shape index (κ3) is 6.19. The number of hydrogen-bond donors (Lipinski definition) is 1. The van der Waals surface area contributed by atoms with Gasteiger partial charge in [0.05, 0.1) is 13.1 Å². The molecule has 0 unspecified atom stereocenters. The van der Waals surface area contributed by atoms with E-state index in [0.717, 1.165) is 24.5 Å². The maximum absolute atomic E-state index is 9.76. The summed E-state index contributed by atoms with van der Waals surface area (Å²) in [5.74, 6) is 2.80. The summed E-state index contributed by atoms with van der Waals surface area (Å²) >= 11 is 2.94. The van der Waals surface area contributed by atoms with E-state index < -0.39 is 0 Å². The zero-order chi connectivity index (χ0) is 20.1. The number of fused-ring (bicyclic) bond motifs is 1. The lowest BCUT2D eigenvalue weighted by Crippen LogP contribution is -2.36. The van der Waals surface area contributed by atoms with Crippen molar-refractivity contribution < 1.29 is 19.2 Å². The minimum atomic E-state index is 0.0936. The molecule has 5 nitrogen and oxygen atoms in total. The molecule has 27 heavy (non-hydrogen) atoms. The third-order valence-electron chi connectivity index (χ3n) is 4.02. The van der Waals surface area contributed by atoms with Crippen LogP contribution < -0.4 is 4.57 Å². The molecule has 0 radical (unpaired) electrons. The minimum Gasteiger partial charge on any atom is -0.463 e. The molecule has 3 rings (SSSR count). The summed E-state index contributed by atoms with van der Waals surface area (Å²) in [4.78, 5) is 9.76. The van der Waals surface area contributed by atoms with E-state index in [0.29, 0.717) is 13.1 Å². The molecule has 146 valence electrons. The molecular weight excluding hydrogens is 408 g/mol. The van der Waals surface area contributed by atoms with Crippen LogP contribution in [0.2, 0.25) is 0 Å². The molecule has 0 saturated carbocycles. The van der Waals surface area contributed by atoms with E-state index in [1.807, 2.05) is 48.3 Å². The van der Waals surface area contributed by atoms with Gasteiger partial charge in [-0.3, -0.25) is 4.79 Å². The van der Waals surface area contributed by atoms with Gasteiger partial charge in [-0.1, -0.05) is 58.4 Å². The Balaban J connectivity index is 0.000000265. The lowest BCUT2D eigenvalue weighted by atomic mass is 10.2. The van der Waals surface area contributed by atoms with Gasteiger partial charge < -0.3 is 9.84 Å². The number of nitrogens with zero attached hydrogens (tertiary/aromatic N) is 2. The molecule has 0 amide bonds. The van der Waals surface area contributed by atoms with Gasteiger partial charge in [0.15, 0.2) is 11.0 Å². The molecule has 0 aliphatic heterocycles. The lowest BCUT2D eigenvalue weighted by Gasteiger charge is -1.97. The second kappa shape index (κ2) is 13.1. The second-order valence-corrected chi connectivity index (χ2v) is 5.44.